The number of aromatic nitrogens is 5. The molecule has 0 radical (unpaired) electrons. The maximum absolute atomic E-state index is 12.7. The summed E-state index contributed by atoms with van der Waals surface area (Å²) < 4.78 is 2.59. The van der Waals surface area contributed by atoms with Gasteiger partial charge in [0.25, 0.3) is 0 Å². The maximum Gasteiger partial charge on any atom is 0.250 e. The molecule has 1 amide bonds. The van der Waals surface area contributed by atoms with Crippen LogP contribution in [0.25, 0.3) is 5.69 Å². The Labute approximate surface area is 171 Å². The average Bonchev–Trinajstić information content (AvgIpc) is 3.20. The molecule has 1 fully saturated rings. The van der Waals surface area contributed by atoms with Crippen molar-refractivity contribution in [1.82, 2.24) is 25.2 Å². The van der Waals surface area contributed by atoms with Crippen LogP contribution in [0.15, 0.2) is 47.1 Å². The minimum atomic E-state index is -0.151. The molecule has 0 saturated carbocycles. The smallest absolute Gasteiger partial charge is 0.250 e. The Bertz CT molecular complexity index is 955. The molecule has 28 heavy (non-hydrogen) atoms. The van der Waals surface area contributed by atoms with Gasteiger partial charge in [-0.2, -0.15) is 4.68 Å². The van der Waals surface area contributed by atoms with Gasteiger partial charge >= 0.3 is 0 Å². The number of amides is 1. The van der Waals surface area contributed by atoms with Gasteiger partial charge in [-0.15, -0.1) is 0 Å². The topological polar surface area (TPSA) is 88.8 Å². The van der Waals surface area contributed by atoms with Crippen molar-refractivity contribution in [1.29, 1.82) is 0 Å². The minimum Gasteiger partial charge on any atom is -0.339 e. The van der Waals surface area contributed by atoms with Gasteiger partial charge < -0.3 is 10.2 Å². The molecule has 3 heterocycles. The van der Waals surface area contributed by atoms with Crippen molar-refractivity contribution in [3.8, 4) is 5.69 Å². The molecule has 1 N–H and O–H groups in total. The van der Waals surface area contributed by atoms with E-state index in [0.29, 0.717) is 18.3 Å². The van der Waals surface area contributed by atoms with Crippen LogP contribution in [0, 0.1) is 12.8 Å². The third-order valence-corrected chi connectivity index (χ3v) is 5.25. The zero-order valence-corrected chi connectivity index (χ0v) is 17.0. The van der Waals surface area contributed by atoms with Crippen LogP contribution in [0.2, 0.25) is 0 Å². The van der Waals surface area contributed by atoms with Gasteiger partial charge in [0.1, 0.15) is 5.82 Å². The molecule has 0 bridgehead atoms. The highest BCUT2D eigenvalue weighted by Gasteiger charge is 2.29. The van der Waals surface area contributed by atoms with Crippen molar-refractivity contribution in [3.63, 3.8) is 0 Å². The number of hydrogen-bond acceptors (Lipinski definition) is 6. The van der Waals surface area contributed by atoms with Gasteiger partial charge in [-0.1, -0.05) is 22.8 Å². The molecule has 1 atom stereocenters. The quantitative estimate of drug-likeness (QED) is 0.669. The number of tetrazole rings is 1. The lowest BCUT2D eigenvalue weighted by Crippen LogP contribution is -2.42. The van der Waals surface area contributed by atoms with Crippen molar-refractivity contribution in [2.45, 2.75) is 19.8 Å². The molecule has 1 unspecified atom stereocenters. The van der Waals surface area contributed by atoms with Gasteiger partial charge in [-0.05, 0) is 70.4 Å². The third kappa shape index (κ3) is 4.04. The first-order valence-corrected chi connectivity index (χ1v) is 9.92. The van der Waals surface area contributed by atoms with Crippen LogP contribution in [0.3, 0.4) is 0 Å². The highest BCUT2D eigenvalue weighted by Crippen LogP contribution is 2.24. The Kier molecular flexibility index (Phi) is 5.34. The van der Waals surface area contributed by atoms with E-state index >= 15 is 0 Å². The van der Waals surface area contributed by atoms with E-state index in [-0.39, 0.29) is 11.8 Å². The second-order valence-electron chi connectivity index (χ2n) is 6.86. The van der Waals surface area contributed by atoms with Gasteiger partial charge in [0.15, 0.2) is 0 Å². The van der Waals surface area contributed by atoms with E-state index in [4.69, 9.17) is 0 Å². The molecule has 1 aromatic carbocycles. The molecule has 0 aliphatic carbocycles. The molecule has 4 rings (SSSR count). The normalized spacial score (nSPS) is 16.8. The second-order valence-corrected chi connectivity index (χ2v) is 7.78. The molecule has 0 spiro atoms. The zero-order valence-electron chi connectivity index (χ0n) is 15.4. The molecule has 8 nitrogen and oxygen atoms in total. The van der Waals surface area contributed by atoms with Crippen molar-refractivity contribution < 1.29 is 4.79 Å². The van der Waals surface area contributed by atoms with Gasteiger partial charge in [0.05, 0.1) is 11.6 Å². The van der Waals surface area contributed by atoms with E-state index in [1.54, 1.807) is 16.9 Å². The fourth-order valence-corrected chi connectivity index (χ4v) is 3.52. The number of anilines is 2. The SMILES string of the molecule is Cc1ccc(-n2nnnc2N2CCCC(C(=O)Nc3ccc(Br)cn3)C2)cc1. The summed E-state index contributed by atoms with van der Waals surface area (Å²) in [7, 11) is 0. The van der Waals surface area contributed by atoms with Crippen LogP contribution in [-0.2, 0) is 4.79 Å². The van der Waals surface area contributed by atoms with E-state index in [9.17, 15) is 4.79 Å². The fraction of sp³-hybridized carbons (Fsp3) is 0.316. The first-order chi connectivity index (χ1) is 13.6. The monoisotopic (exact) mass is 441 g/mol. The number of halogens is 1. The molecule has 9 heteroatoms. The first kappa shape index (κ1) is 18.5. The Balaban J connectivity index is 1.48. The number of nitrogens with one attached hydrogen (secondary N) is 1. The lowest BCUT2D eigenvalue weighted by atomic mass is 9.97. The lowest BCUT2D eigenvalue weighted by molar-refractivity contribution is -0.120. The molecule has 1 saturated heterocycles. The Morgan fingerprint density at radius 1 is 1.21 bits per heavy atom. The van der Waals surface area contributed by atoms with Crippen LogP contribution < -0.4 is 10.2 Å². The number of hydrogen-bond donors (Lipinski definition) is 1. The van der Waals surface area contributed by atoms with E-state index in [2.05, 4.69) is 46.7 Å². The summed E-state index contributed by atoms with van der Waals surface area (Å²) >= 11 is 3.35. The number of rotatable bonds is 4. The molecular weight excluding hydrogens is 422 g/mol. The van der Waals surface area contributed by atoms with Crippen molar-refractivity contribution in [2.24, 2.45) is 5.92 Å². The fourth-order valence-electron chi connectivity index (χ4n) is 3.28. The molecule has 3 aromatic rings. The van der Waals surface area contributed by atoms with Crippen molar-refractivity contribution in [3.05, 3.63) is 52.6 Å². The van der Waals surface area contributed by atoms with Crippen LogP contribution >= 0.6 is 15.9 Å². The number of aryl methyl sites for hydroxylation is 1. The van der Waals surface area contributed by atoms with Gasteiger partial charge in [-0.25, -0.2) is 4.98 Å². The molecule has 2 aromatic heterocycles. The zero-order chi connectivity index (χ0) is 19.5. The van der Waals surface area contributed by atoms with Crippen molar-refractivity contribution >= 4 is 33.6 Å². The van der Waals surface area contributed by atoms with E-state index < -0.39 is 0 Å². The predicted molar refractivity (Wildman–Crippen MR) is 109 cm³/mol. The van der Waals surface area contributed by atoms with Gasteiger partial charge in [0, 0.05) is 23.8 Å². The molecule has 1 aliphatic heterocycles. The molecular formula is C19H20BrN7O. The standard InChI is InChI=1S/C19H20BrN7O/c1-13-4-7-16(8-5-13)27-19(23-24-25-27)26-10-2-3-14(12-26)18(28)22-17-9-6-15(20)11-21-17/h4-9,11,14H,2-3,10,12H2,1H3,(H,21,22,28). The number of carbonyl (C=O) groups is 1. The minimum absolute atomic E-state index is 0.0334. The van der Waals surface area contributed by atoms with Gasteiger partial charge in [-0.3, -0.25) is 4.79 Å². The summed E-state index contributed by atoms with van der Waals surface area (Å²) in [5.74, 6) is 1.02. The van der Waals surface area contributed by atoms with Crippen LogP contribution in [0.1, 0.15) is 18.4 Å². The molecule has 144 valence electrons. The van der Waals surface area contributed by atoms with E-state index in [1.807, 2.05) is 37.3 Å². The Hall–Kier alpha value is -2.81. The summed E-state index contributed by atoms with van der Waals surface area (Å²) in [6, 6.07) is 11.7. The predicted octanol–water partition coefficient (Wildman–Crippen LogP) is 2.98. The highest BCUT2D eigenvalue weighted by atomic mass is 79.9. The largest absolute Gasteiger partial charge is 0.339 e. The van der Waals surface area contributed by atoms with Crippen molar-refractivity contribution in [2.75, 3.05) is 23.3 Å². The van der Waals surface area contributed by atoms with Crippen LogP contribution in [-0.4, -0.2) is 44.2 Å². The third-order valence-electron chi connectivity index (χ3n) is 4.79. The highest BCUT2D eigenvalue weighted by molar-refractivity contribution is 9.10. The molecule has 1 aliphatic rings. The first-order valence-electron chi connectivity index (χ1n) is 9.13. The average molecular weight is 442 g/mol. The van der Waals surface area contributed by atoms with Crippen LogP contribution in [0.4, 0.5) is 11.8 Å². The number of nitrogens with zero attached hydrogens (tertiary/aromatic N) is 6. The summed E-state index contributed by atoms with van der Waals surface area (Å²) in [6.45, 7) is 3.42. The summed E-state index contributed by atoms with van der Waals surface area (Å²) in [5, 5.41) is 15.1. The number of pyridine rings is 1. The summed E-state index contributed by atoms with van der Waals surface area (Å²) in [4.78, 5) is 19.0. The van der Waals surface area contributed by atoms with Crippen LogP contribution in [0.5, 0.6) is 0 Å². The summed E-state index contributed by atoms with van der Waals surface area (Å²) in [6.07, 6.45) is 3.38. The van der Waals surface area contributed by atoms with E-state index in [1.165, 1.54) is 5.56 Å². The Morgan fingerprint density at radius 3 is 2.79 bits per heavy atom. The Morgan fingerprint density at radius 2 is 2.04 bits per heavy atom. The number of benzene rings is 1. The second kappa shape index (κ2) is 8.05. The number of piperidine rings is 1. The maximum atomic E-state index is 12.7. The number of carbonyl (C=O) groups excluding carboxylic acids is 1. The van der Waals surface area contributed by atoms with E-state index in [0.717, 1.165) is 29.5 Å². The lowest BCUT2D eigenvalue weighted by Gasteiger charge is -2.32. The summed E-state index contributed by atoms with van der Waals surface area (Å²) in [5.41, 5.74) is 2.07. The van der Waals surface area contributed by atoms with Gasteiger partial charge in [0.2, 0.25) is 11.9 Å².